The Labute approximate surface area is 195 Å². The Morgan fingerprint density at radius 3 is 2.62 bits per heavy atom. The van der Waals surface area contributed by atoms with Crippen LogP contribution in [0.4, 0.5) is 0 Å². The lowest BCUT2D eigenvalue weighted by Crippen LogP contribution is -2.30. The molecule has 3 aromatic carbocycles. The molecule has 0 spiro atoms. The molecule has 2 unspecified atom stereocenters. The molecule has 1 aromatic heterocycles. The molecular formula is C25H24BrN3O3. The van der Waals surface area contributed by atoms with Gasteiger partial charge in [0.15, 0.2) is 0 Å². The van der Waals surface area contributed by atoms with Gasteiger partial charge in [-0.1, -0.05) is 52.3 Å². The highest BCUT2D eigenvalue weighted by atomic mass is 79.9. The van der Waals surface area contributed by atoms with Crippen molar-refractivity contribution in [3.8, 4) is 5.75 Å². The van der Waals surface area contributed by atoms with Crippen LogP contribution in [0.2, 0.25) is 0 Å². The quantitative estimate of drug-likeness (QED) is 0.372. The number of para-hydroxylation sites is 2. The summed E-state index contributed by atoms with van der Waals surface area (Å²) < 4.78 is 8.61. The number of benzene rings is 3. The maximum absolute atomic E-state index is 12.6. The molecule has 0 fully saturated rings. The number of carbonyl (C=O) groups excluding carboxylic acids is 1. The zero-order valence-corrected chi connectivity index (χ0v) is 19.2. The van der Waals surface area contributed by atoms with Gasteiger partial charge in [0.05, 0.1) is 23.6 Å². The third-order valence-corrected chi connectivity index (χ3v) is 5.58. The Balaban J connectivity index is 1.52. The van der Waals surface area contributed by atoms with Crippen molar-refractivity contribution in [1.82, 2.24) is 14.9 Å². The SMILES string of the molecule is CC(NC(=O)c1ccccc1)c1nc2ccccc2n1CC(O)COc1cccc(Br)c1. The van der Waals surface area contributed by atoms with E-state index in [0.717, 1.165) is 15.5 Å². The van der Waals surface area contributed by atoms with Crippen LogP contribution in [0.15, 0.2) is 83.3 Å². The van der Waals surface area contributed by atoms with E-state index in [0.29, 0.717) is 17.1 Å². The summed E-state index contributed by atoms with van der Waals surface area (Å²) in [5, 5.41) is 13.7. The fourth-order valence-electron chi connectivity index (χ4n) is 3.56. The highest BCUT2D eigenvalue weighted by Crippen LogP contribution is 2.22. The number of nitrogens with one attached hydrogen (secondary N) is 1. The van der Waals surface area contributed by atoms with Crippen LogP contribution in [0.3, 0.4) is 0 Å². The van der Waals surface area contributed by atoms with Crippen molar-refractivity contribution in [3.63, 3.8) is 0 Å². The summed E-state index contributed by atoms with van der Waals surface area (Å²) in [6.45, 7) is 2.31. The van der Waals surface area contributed by atoms with E-state index in [1.165, 1.54) is 0 Å². The van der Waals surface area contributed by atoms with Crippen LogP contribution in [-0.4, -0.2) is 33.3 Å². The molecule has 4 aromatic rings. The smallest absolute Gasteiger partial charge is 0.251 e. The number of nitrogens with zero attached hydrogens (tertiary/aromatic N) is 2. The van der Waals surface area contributed by atoms with Crippen LogP contribution in [0.5, 0.6) is 5.75 Å². The van der Waals surface area contributed by atoms with Gasteiger partial charge in [-0.3, -0.25) is 4.79 Å². The van der Waals surface area contributed by atoms with Gasteiger partial charge in [-0.15, -0.1) is 0 Å². The van der Waals surface area contributed by atoms with Crippen LogP contribution in [-0.2, 0) is 6.54 Å². The summed E-state index contributed by atoms with van der Waals surface area (Å²) in [6.07, 6.45) is -0.762. The van der Waals surface area contributed by atoms with E-state index in [4.69, 9.17) is 9.72 Å². The standard InChI is InChI=1S/C25H24BrN3O3/c1-17(27-25(31)18-8-3-2-4-9-18)24-28-22-12-5-6-13-23(22)29(24)15-20(30)16-32-21-11-7-10-19(26)14-21/h2-14,17,20,30H,15-16H2,1H3,(H,27,31). The molecule has 0 bridgehead atoms. The number of aromatic nitrogens is 2. The number of halogens is 1. The van der Waals surface area contributed by atoms with Gasteiger partial charge < -0.3 is 19.7 Å². The molecule has 1 heterocycles. The van der Waals surface area contributed by atoms with E-state index >= 15 is 0 Å². The van der Waals surface area contributed by atoms with Crippen molar-refractivity contribution >= 4 is 32.9 Å². The van der Waals surface area contributed by atoms with E-state index in [1.807, 2.05) is 78.2 Å². The molecule has 0 saturated carbocycles. The van der Waals surface area contributed by atoms with E-state index in [-0.39, 0.29) is 25.1 Å². The molecule has 6 nitrogen and oxygen atoms in total. The second-order valence-corrected chi connectivity index (χ2v) is 8.47. The number of aliphatic hydroxyl groups is 1. The predicted molar refractivity (Wildman–Crippen MR) is 128 cm³/mol. The maximum Gasteiger partial charge on any atom is 0.251 e. The molecule has 32 heavy (non-hydrogen) atoms. The number of imidazole rings is 1. The summed E-state index contributed by atoms with van der Waals surface area (Å²) in [4.78, 5) is 17.4. The first-order valence-electron chi connectivity index (χ1n) is 10.4. The van der Waals surface area contributed by atoms with Crippen molar-refractivity contribution in [1.29, 1.82) is 0 Å². The zero-order valence-electron chi connectivity index (χ0n) is 17.6. The Kier molecular flexibility index (Phi) is 6.87. The Bertz CT molecular complexity index is 1210. The molecule has 7 heteroatoms. The second-order valence-electron chi connectivity index (χ2n) is 7.55. The van der Waals surface area contributed by atoms with Crippen molar-refractivity contribution in [3.05, 3.63) is 94.7 Å². The molecular weight excluding hydrogens is 470 g/mol. The number of rotatable bonds is 8. The van der Waals surface area contributed by atoms with E-state index in [9.17, 15) is 9.90 Å². The van der Waals surface area contributed by atoms with Crippen molar-refractivity contribution in [2.24, 2.45) is 0 Å². The van der Waals surface area contributed by atoms with Crippen LogP contribution < -0.4 is 10.1 Å². The summed E-state index contributed by atoms with van der Waals surface area (Å²) >= 11 is 3.42. The van der Waals surface area contributed by atoms with Crippen molar-refractivity contribution < 1.29 is 14.6 Å². The zero-order chi connectivity index (χ0) is 22.5. The number of hydrogen-bond donors (Lipinski definition) is 2. The van der Waals surface area contributed by atoms with Gasteiger partial charge in [0.1, 0.15) is 24.3 Å². The lowest BCUT2D eigenvalue weighted by atomic mass is 10.2. The fourth-order valence-corrected chi connectivity index (χ4v) is 3.94. The minimum Gasteiger partial charge on any atom is -0.491 e. The van der Waals surface area contributed by atoms with Gasteiger partial charge in [0.2, 0.25) is 0 Å². The molecule has 2 atom stereocenters. The van der Waals surface area contributed by atoms with Gasteiger partial charge in [-0.25, -0.2) is 4.98 Å². The summed E-state index contributed by atoms with van der Waals surface area (Å²) in [5.41, 5.74) is 2.29. The Morgan fingerprint density at radius 2 is 1.84 bits per heavy atom. The topological polar surface area (TPSA) is 76.4 Å². The minimum atomic E-state index is -0.762. The number of amides is 1. The van der Waals surface area contributed by atoms with Crippen LogP contribution in [0.25, 0.3) is 11.0 Å². The van der Waals surface area contributed by atoms with Gasteiger partial charge in [0, 0.05) is 10.0 Å². The third-order valence-electron chi connectivity index (χ3n) is 5.09. The highest BCUT2D eigenvalue weighted by molar-refractivity contribution is 9.10. The van der Waals surface area contributed by atoms with Crippen LogP contribution in [0.1, 0.15) is 29.1 Å². The van der Waals surface area contributed by atoms with E-state index < -0.39 is 6.10 Å². The Morgan fingerprint density at radius 1 is 1.09 bits per heavy atom. The number of aliphatic hydroxyl groups excluding tert-OH is 1. The average molecular weight is 494 g/mol. The minimum absolute atomic E-state index is 0.132. The molecule has 1 amide bonds. The summed E-state index contributed by atoms with van der Waals surface area (Å²) in [5.74, 6) is 1.19. The average Bonchev–Trinajstić information content (AvgIpc) is 3.17. The molecule has 0 aliphatic rings. The van der Waals surface area contributed by atoms with Gasteiger partial charge >= 0.3 is 0 Å². The Hall–Kier alpha value is -3.16. The number of fused-ring (bicyclic) bond motifs is 1. The molecule has 0 aliphatic heterocycles. The van der Waals surface area contributed by atoms with Crippen molar-refractivity contribution in [2.45, 2.75) is 25.6 Å². The molecule has 4 rings (SSSR count). The lowest BCUT2D eigenvalue weighted by molar-refractivity contribution is 0.0906. The first-order valence-corrected chi connectivity index (χ1v) is 11.2. The van der Waals surface area contributed by atoms with Gasteiger partial charge in [-0.2, -0.15) is 0 Å². The monoisotopic (exact) mass is 493 g/mol. The lowest BCUT2D eigenvalue weighted by Gasteiger charge is -2.19. The number of ether oxygens (including phenoxy) is 1. The van der Waals surface area contributed by atoms with E-state index in [2.05, 4.69) is 21.2 Å². The first kappa shape index (κ1) is 22.0. The summed E-state index contributed by atoms with van der Waals surface area (Å²) in [7, 11) is 0. The van der Waals surface area contributed by atoms with Crippen LogP contribution >= 0.6 is 15.9 Å². The predicted octanol–water partition coefficient (Wildman–Crippen LogP) is 4.73. The highest BCUT2D eigenvalue weighted by Gasteiger charge is 2.21. The maximum atomic E-state index is 12.6. The second kappa shape index (κ2) is 9.97. The van der Waals surface area contributed by atoms with Gasteiger partial charge in [-0.05, 0) is 49.4 Å². The van der Waals surface area contributed by atoms with E-state index in [1.54, 1.807) is 12.1 Å². The molecule has 164 valence electrons. The first-order chi connectivity index (χ1) is 15.5. The molecule has 0 saturated heterocycles. The van der Waals surface area contributed by atoms with Crippen LogP contribution in [0, 0.1) is 0 Å². The normalized spacial score (nSPS) is 13.0. The fraction of sp³-hybridized carbons (Fsp3) is 0.200. The molecule has 2 N–H and O–H groups in total. The molecule has 0 aliphatic carbocycles. The number of carbonyl (C=O) groups is 1. The summed E-state index contributed by atoms with van der Waals surface area (Å²) in [6, 6.07) is 23.9. The number of hydrogen-bond acceptors (Lipinski definition) is 4. The largest absolute Gasteiger partial charge is 0.491 e. The van der Waals surface area contributed by atoms with Crippen molar-refractivity contribution in [2.75, 3.05) is 6.61 Å². The van der Waals surface area contributed by atoms with Gasteiger partial charge in [0.25, 0.3) is 5.91 Å². The third kappa shape index (κ3) is 5.18. The molecule has 0 radical (unpaired) electrons.